The molecule has 0 spiro atoms. The van der Waals surface area contributed by atoms with Crippen LogP contribution in [0.25, 0.3) is 5.69 Å². The molecule has 33 heavy (non-hydrogen) atoms. The monoisotopic (exact) mass is 524 g/mol. The second-order valence-electron chi connectivity index (χ2n) is 7.16. The molecular weight excluding hydrogens is 505 g/mol. The third-order valence-electron chi connectivity index (χ3n) is 4.68. The minimum atomic E-state index is -4.85. The second-order valence-corrected chi connectivity index (χ2v) is 8.08. The van der Waals surface area contributed by atoms with Gasteiger partial charge in [-0.15, -0.1) is 13.2 Å². The number of imidazole rings is 1. The summed E-state index contributed by atoms with van der Waals surface area (Å²) in [5.74, 6) is -0.995. The molecule has 3 aromatic rings. The van der Waals surface area contributed by atoms with Gasteiger partial charge in [-0.2, -0.15) is 0 Å². The zero-order valence-corrected chi connectivity index (χ0v) is 19.5. The number of alkyl halides is 3. The van der Waals surface area contributed by atoms with E-state index in [4.69, 9.17) is 4.74 Å². The number of halogens is 4. The van der Waals surface area contributed by atoms with E-state index in [0.29, 0.717) is 21.5 Å². The van der Waals surface area contributed by atoms with Crippen molar-refractivity contribution in [1.82, 2.24) is 9.55 Å². The molecule has 1 heterocycles. The van der Waals surface area contributed by atoms with Crippen LogP contribution in [-0.2, 0) is 9.53 Å². The molecule has 0 fully saturated rings. The van der Waals surface area contributed by atoms with Crippen molar-refractivity contribution in [3.63, 3.8) is 0 Å². The minimum absolute atomic E-state index is 0.0364. The first-order valence-electron chi connectivity index (χ1n) is 9.90. The SMILES string of the molecule is CCC(=O)OC(C(=O)c1ccc(OC(F)(F)F)cc1)c1cc(Br)ccc1-n1cc(C)nc1C. The van der Waals surface area contributed by atoms with Crippen LogP contribution < -0.4 is 4.74 Å². The molecule has 10 heteroatoms. The van der Waals surface area contributed by atoms with E-state index < -0.39 is 30.0 Å². The van der Waals surface area contributed by atoms with Crippen molar-refractivity contribution in [2.45, 2.75) is 39.7 Å². The summed E-state index contributed by atoms with van der Waals surface area (Å²) < 4.78 is 49.2. The van der Waals surface area contributed by atoms with Gasteiger partial charge < -0.3 is 14.0 Å². The van der Waals surface area contributed by atoms with Crippen LogP contribution >= 0.6 is 15.9 Å². The molecule has 0 radical (unpaired) electrons. The fourth-order valence-corrected chi connectivity index (χ4v) is 3.64. The van der Waals surface area contributed by atoms with Gasteiger partial charge in [0.25, 0.3) is 0 Å². The lowest BCUT2D eigenvalue weighted by atomic mass is 9.98. The highest BCUT2D eigenvalue weighted by molar-refractivity contribution is 9.10. The quantitative estimate of drug-likeness (QED) is 0.279. The van der Waals surface area contributed by atoms with Crippen LogP contribution in [0.5, 0.6) is 5.75 Å². The van der Waals surface area contributed by atoms with Crippen molar-refractivity contribution in [2.24, 2.45) is 0 Å². The van der Waals surface area contributed by atoms with Gasteiger partial charge >= 0.3 is 12.3 Å². The van der Waals surface area contributed by atoms with Crippen LogP contribution in [-0.4, -0.2) is 27.7 Å². The molecule has 6 nitrogen and oxygen atoms in total. The highest BCUT2D eigenvalue weighted by Gasteiger charge is 2.32. The fourth-order valence-electron chi connectivity index (χ4n) is 3.26. The summed E-state index contributed by atoms with van der Waals surface area (Å²) >= 11 is 3.39. The number of esters is 1. The number of Topliss-reactive ketones (excluding diaryl/α,β-unsaturated/α-hetero) is 1. The molecule has 0 bridgehead atoms. The number of carbonyl (C=O) groups excluding carboxylic acids is 2. The summed E-state index contributed by atoms with van der Waals surface area (Å²) in [6, 6.07) is 9.65. The standard InChI is InChI=1S/C23H20BrF3N2O4/c1-4-20(30)32-22(21(31)15-5-8-17(9-6-15)33-23(25,26)27)18-11-16(24)7-10-19(18)29-12-13(2)28-14(29)3/h5-12,22H,4H2,1-3H3. The molecule has 3 rings (SSSR count). The first kappa shape index (κ1) is 24.5. The van der Waals surface area contributed by atoms with E-state index in [1.807, 2.05) is 6.92 Å². The number of ether oxygens (including phenoxy) is 2. The maximum atomic E-state index is 13.4. The van der Waals surface area contributed by atoms with Gasteiger partial charge in [0.2, 0.25) is 5.78 Å². The lowest BCUT2D eigenvalue weighted by Gasteiger charge is -2.21. The Morgan fingerprint density at radius 1 is 1.12 bits per heavy atom. The van der Waals surface area contributed by atoms with E-state index in [2.05, 4.69) is 25.7 Å². The average Bonchev–Trinajstić information content (AvgIpc) is 3.08. The molecule has 1 aromatic heterocycles. The summed E-state index contributed by atoms with van der Waals surface area (Å²) in [4.78, 5) is 30.0. The zero-order chi connectivity index (χ0) is 24.3. The highest BCUT2D eigenvalue weighted by atomic mass is 79.9. The molecule has 0 aliphatic rings. The summed E-state index contributed by atoms with van der Waals surface area (Å²) in [6.45, 7) is 5.22. The Hall–Kier alpha value is -3.14. The van der Waals surface area contributed by atoms with Gasteiger partial charge in [-0.25, -0.2) is 4.98 Å². The first-order valence-corrected chi connectivity index (χ1v) is 10.7. The summed E-state index contributed by atoms with van der Waals surface area (Å²) in [5.41, 5.74) is 1.79. The predicted octanol–water partition coefficient (Wildman–Crippen LogP) is 6.03. The maximum Gasteiger partial charge on any atom is 0.573 e. The number of benzene rings is 2. The summed E-state index contributed by atoms with van der Waals surface area (Å²) in [6.07, 6.45) is -4.36. The van der Waals surface area contributed by atoms with Crippen molar-refractivity contribution in [2.75, 3.05) is 0 Å². The molecule has 174 valence electrons. The van der Waals surface area contributed by atoms with E-state index in [9.17, 15) is 22.8 Å². The number of rotatable bonds is 7. The smallest absolute Gasteiger partial charge is 0.449 e. The molecule has 1 unspecified atom stereocenters. The third-order valence-corrected chi connectivity index (χ3v) is 5.18. The van der Waals surface area contributed by atoms with Crippen LogP contribution in [0.1, 0.15) is 46.9 Å². The first-order chi connectivity index (χ1) is 15.5. The van der Waals surface area contributed by atoms with Gasteiger partial charge in [-0.3, -0.25) is 9.59 Å². The molecule has 0 saturated heterocycles. The van der Waals surface area contributed by atoms with E-state index >= 15 is 0 Å². The van der Waals surface area contributed by atoms with Crippen molar-refractivity contribution in [1.29, 1.82) is 0 Å². The van der Waals surface area contributed by atoms with Gasteiger partial charge in [0.05, 0.1) is 11.4 Å². The second kappa shape index (κ2) is 9.78. The largest absolute Gasteiger partial charge is 0.573 e. The van der Waals surface area contributed by atoms with Crippen molar-refractivity contribution in [3.8, 4) is 11.4 Å². The van der Waals surface area contributed by atoms with Crippen LogP contribution in [0.3, 0.4) is 0 Å². The predicted molar refractivity (Wildman–Crippen MR) is 117 cm³/mol. The molecule has 1 atom stereocenters. The summed E-state index contributed by atoms with van der Waals surface area (Å²) in [7, 11) is 0. The Kier molecular flexibility index (Phi) is 7.26. The van der Waals surface area contributed by atoms with E-state index in [-0.39, 0.29) is 12.0 Å². The summed E-state index contributed by atoms with van der Waals surface area (Å²) in [5, 5.41) is 0. The van der Waals surface area contributed by atoms with Crippen LogP contribution in [0.15, 0.2) is 53.1 Å². The van der Waals surface area contributed by atoms with E-state index in [1.54, 1.807) is 42.8 Å². The van der Waals surface area contributed by atoms with Gasteiger partial charge in [-0.05, 0) is 56.3 Å². The lowest BCUT2D eigenvalue weighted by Crippen LogP contribution is -2.22. The molecule has 0 N–H and O–H groups in total. The fraction of sp³-hybridized carbons (Fsp3) is 0.261. The normalized spacial score (nSPS) is 12.3. The van der Waals surface area contributed by atoms with Gasteiger partial charge in [0.1, 0.15) is 11.6 Å². The van der Waals surface area contributed by atoms with Crippen LogP contribution in [0.2, 0.25) is 0 Å². The molecule has 0 amide bonds. The molecular formula is C23H20BrF3N2O4. The van der Waals surface area contributed by atoms with Crippen LogP contribution in [0.4, 0.5) is 13.2 Å². The third kappa shape index (κ3) is 6.01. The van der Waals surface area contributed by atoms with Gasteiger partial charge in [-0.1, -0.05) is 22.9 Å². The molecule has 0 aliphatic carbocycles. The maximum absolute atomic E-state index is 13.4. The zero-order valence-electron chi connectivity index (χ0n) is 17.9. The molecule has 0 saturated carbocycles. The Bertz CT molecular complexity index is 1170. The number of aryl methyl sites for hydroxylation is 2. The van der Waals surface area contributed by atoms with E-state index in [0.717, 1.165) is 17.8 Å². The highest BCUT2D eigenvalue weighted by Crippen LogP contribution is 2.32. The van der Waals surface area contributed by atoms with Crippen molar-refractivity contribution < 1.29 is 32.2 Å². The number of hydrogen-bond acceptors (Lipinski definition) is 5. The van der Waals surface area contributed by atoms with Gasteiger partial charge in [0, 0.05) is 28.2 Å². The number of hydrogen-bond donors (Lipinski definition) is 0. The Balaban J connectivity index is 2.07. The average molecular weight is 525 g/mol. The number of nitrogens with zero attached hydrogens (tertiary/aromatic N) is 2. The Morgan fingerprint density at radius 3 is 2.33 bits per heavy atom. The lowest BCUT2D eigenvalue weighted by molar-refractivity contribution is -0.274. The van der Waals surface area contributed by atoms with E-state index in [1.165, 1.54) is 12.1 Å². The molecule has 2 aromatic carbocycles. The number of carbonyl (C=O) groups is 2. The van der Waals surface area contributed by atoms with Gasteiger partial charge in [0.15, 0.2) is 6.10 Å². The van der Waals surface area contributed by atoms with Crippen molar-refractivity contribution >= 4 is 27.7 Å². The van der Waals surface area contributed by atoms with Crippen molar-refractivity contribution in [3.05, 3.63) is 75.8 Å². The number of ketones is 1. The Morgan fingerprint density at radius 2 is 1.79 bits per heavy atom. The Labute approximate surface area is 196 Å². The minimum Gasteiger partial charge on any atom is -0.449 e. The topological polar surface area (TPSA) is 70.4 Å². The number of aromatic nitrogens is 2. The molecule has 0 aliphatic heterocycles. The van der Waals surface area contributed by atoms with Crippen LogP contribution in [0, 0.1) is 13.8 Å².